The van der Waals surface area contributed by atoms with Crippen LogP contribution in [0, 0.1) is 6.92 Å². The Labute approximate surface area is 296 Å². The number of rotatable bonds is 7. The third kappa shape index (κ3) is 7.24. The first-order valence-electron chi connectivity index (χ1n) is 16.6. The predicted octanol–water partition coefficient (Wildman–Crippen LogP) is 4.06. The maximum atomic E-state index is 14.3. The molecule has 272 valence electrons. The molecule has 0 aliphatic carbocycles. The average molecular weight is 747 g/mol. The lowest BCUT2D eigenvalue weighted by molar-refractivity contribution is -0.137. The van der Waals surface area contributed by atoms with Crippen molar-refractivity contribution in [3.63, 3.8) is 0 Å². The number of fused-ring (bicyclic) bond motifs is 1. The normalized spacial score (nSPS) is 16.5. The number of aromatic hydroxyl groups is 1. The zero-order valence-electron chi connectivity index (χ0n) is 28.6. The minimum absolute atomic E-state index is 0.00188. The highest BCUT2D eigenvalue weighted by molar-refractivity contribution is 6.77. The first-order chi connectivity index (χ1) is 24.1. The van der Waals surface area contributed by atoms with E-state index in [1.807, 2.05) is 16.7 Å². The Morgan fingerprint density at radius 3 is 2.35 bits per heavy atom. The van der Waals surface area contributed by atoms with E-state index >= 15 is 0 Å². The molecule has 2 saturated heterocycles. The van der Waals surface area contributed by atoms with Gasteiger partial charge in [-0.25, -0.2) is 9.97 Å². The van der Waals surface area contributed by atoms with Crippen molar-refractivity contribution in [2.24, 2.45) is 0 Å². The smallest absolute Gasteiger partial charge is 0.416 e. The Bertz CT molecular complexity index is 2050. The highest BCUT2D eigenvalue weighted by Crippen LogP contribution is 2.34. The van der Waals surface area contributed by atoms with E-state index in [-0.39, 0.29) is 66.3 Å². The van der Waals surface area contributed by atoms with Gasteiger partial charge in [0.05, 0.1) is 35.7 Å². The molecule has 3 aromatic heterocycles. The van der Waals surface area contributed by atoms with Gasteiger partial charge in [0.25, 0.3) is 11.5 Å². The summed E-state index contributed by atoms with van der Waals surface area (Å²) < 4.78 is 42.4. The fraction of sp³-hybridized carbons (Fsp3) is 0.469. The van der Waals surface area contributed by atoms with E-state index in [2.05, 4.69) is 33.5 Å². The van der Waals surface area contributed by atoms with Crippen LogP contribution in [-0.2, 0) is 23.9 Å². The van der Waals surface area contributed by atoms with Crippen LogP contribution in [0.4, 0.5) is 30.5 Å². The van der Waals surface area contributed by atoms with Gasteiger partial charge in [0.1, 0.15) is 18.6 Å². The van der Waals surface area contributed by atoms with E-state index in [1.54, 1.807) is 11.5 Å². The minimum Gasteiger partial charge on any atom is -0.504 e. The van der Waals surface area contributed by atoms with E-state index in [9.17, 15) is 32.7 Å². The molecular formula is C32H38ClF3N10O4Si. The second kappa shape index (κ2) is 13.8. The highest BCUT2D eigenvalue weighted by Gasteiger charge is 2.34. The Kier molecular flexibility index (Phi) is 9.75. The van der Waals surface area contributed by atoms with Crippen LogP contribution in [0.5, 0.6) is 5.75 Å². The van der Waals surface area contributed by atoms with Crippen LogP contribution < -0.4 is 20.7 Å². The summed E-state index contributed by atoms with van der Waals surface area (Å²) in [7, 11) is -1.34. The standard InChI is InChI=1S/C32H38ClF3N10O4Si/c1-5-23-26(42-8-10-43(11-9-42)28(49)25-27(48)19(2)37-18-38-25)29(50)46-31(40-30(41-46)44-12-14-51(3,4)15-13-44)45(23)17-24(47)39-22-7-6-20(16-21(22)33)32(34,35)36/h6-7,16,18,48H,5,8-15,17H2,1-4H3,(H,39,47). The summed E-state index contributed by atoms with van der Waals surface area (Å²) in [5.74, 6) is -0.841. The maximum absolute atomic E-state index is 14.3. The van der Waals surface area contributed by atoms with E-state index in [1.165, 1.54) is 15.7 Å². The molecule has 5 heterocycles. The van der Waals surface area contributed by atoms with Gasteiger partial charge in [-0.2, -0.15) is 22.7 Å². The van der Waals surface area contributed by atoms with Crippen LogP contribution in [-0.4, -0.2) is 98.3 Å². The van der Waals surface area contributed by atoms with Crippen molar-refractivity contribution in [2.45, 2.75) is 58.2 Å². The third-order valence-electron chi connectivity index (χ3n) is 9.51. The molecule has 0 bridgehead atoms. The van der Waals surface area contributed by atoms with Crippen LogP contribution in [0.2, 0.25) is 30.2 Å². The quantitative estimate of drug-likeness (QED) is 0.265. The van der Waals surface area contributed by atoms with Gasteiger partial charge in [0, 0.05) is 39.3 Å². The second-order valence-electron chi connectivity index (χ2n) is 13.5. The molecule has 0 spiro atoms. The Balaban J connectivity index is 1.34. The number of carbonyl (C=O) groups is 2. The van der Waals surface area contributed by atoms with Crippen molar-refractivity contribution in [3.05, 3.63) is 62.5 Å². The summed E-state index contributed by atoms with van der Waals surface area (Å²) in [6, 6.07) is 4.74. The molecule has 2 fully saturated rings. The van der Waals surface area contributed by atoms with Crippen LogP contribution in [0.15, 0.2) is 29.3 Å². The van der Waals surface area contributed by atoms with Crippen molar-refractivity contribution in [1.82, 2.24) is 34.0 Å². The van der Waals surface area contributed by atoms with E-state index in [4.69, 9.17) is 16.6 Å². The summed E-state index contributed by atoms with van der Waals surface area (Å²) in [4.78, 5) is 59.1. The number of alkyl halides is 3. The molecule has 0 radical (unpaired) electrons. The first-order valence-corrected chi connectivity index (χ1v) is 20.4. The minimum atomic E-state index is -4.60. The lowest BCUT2D eigenvalue weighted by Crippen LogP contribution is -2.51. The Hall–Kier alpha value is -4.71. The fourth-order valence-corrected chi connectivity index (χ4v) is 8.63. The number of benzene rings is 1. The lowest BCUT2D eigenvalue weighted by Gasteiger charge is -2.36. The van der Waals surface area contributed by atoms with Gasteiger partial charge < -0.3 is 29.7 Å². The molecule has 6 rings (SSSR count). The first kappa shape index (κ1) is 36.1. The van der Waals surface area contributed by atoms with Gasteiger partial charge in [-0.3, -0.25) is 14.4 Å². The van der Waals surface area contributed by atoms with Crippen molar-refractivity contribution in [2.75, 3.05) is 54.4 Å². The number of carbonyl (C=O) groups excluding carboxylic acids is 2. The fourth-order valence-electron chi connectivity index (χ4n) is 6.40. The summed E-state index contributed by atoms with van der Waals surface area (Å²) in [5, 5.41) is 17.3. The predicted molar refractivity (Wildman–Crippen MR) is 188 cm³/mol. The molecule has 1 aromatic carbocycles. The summed E-state index contributed by atoms with van der Waals surface area (Å²) >= 11 is 6.13. The molecule has 51 heavy (non-hydrogen) atoms. The zero-order valence-corrected chi connectivity index (χ0v) is 30.3. The Morgan fingerprint density at radius 1 is 1.04 bits per heavy atom. The van der Waals surface area contributed by atoms with Crippen LogP contribution >= 0.6 is 11.6 Å². The second-order valence-corrected chi connectivity index (χ2v) is 19.2. The number of amides is 2. The lowest BCUT2D eigenvalue weighted by atomic mass is 10.2. The number of hydrogen-bond donors (Lipinski definition) is 2. The number of aromatic nitrogens is 6. The van der Waals surface area contributed by atoms with Gasteiger partial charge in [0.15, 0.2) is 11.4 Å². The molecule has 0 atom stereocenters. The van der Waals surface area contributed by atoms with Crippen LogP contribution in [0.3, 0.4) is 0 Å². The molecule has 2 aliphatic heterocycles. The molecule has 2 aliphatic rings. The van der Waals surface area contributed by atoms with Crippen LogP contribution in [0.1, 0.15) is 34.4 Å². The van der Waals surface area contributed by atoms with Gasteiger partial charge in [-0.1, -0.05) is 31.6 Å². The number of nitrogens with zero attached hydrogens (tertiary/aromatic N) is 9. The largest absolute Gasteiger partial charge is 0.504 e. The number of nitrogens with one attached hydrogen (secondary N) is 1. The Morgan fingerprint density at radius 2 is 1.73 bits per heavy atom. The monoisotopic (exact) mass is 746 g/mol. The van der Waals surface area contributed by atoms with Crippen molar-refractivity contribution >= 4 is 54.6 Å². The summed E-state index contributed by atoms with van der Waals surface area (Å²) in [5.41, 5.74) is -0.418. The maximum Gasteiger partial charge on any atom is 0.416 e. The SMILES string of the molecule is CCc1c(N2CCN(C(=O)c3ncnc(C)c3O)CC2)c(=O)n2nc(N3CC[Si](C)(C)CC3)nc2n1CC(=O)Nc1ccc(C(F)(F)F)cc1Cl. The molecule has 4 aromatic rings. The van der Waals surface area contributed by atoms with Crippen molar-refractivity contribution in [3.8, 4) is 5.75 Å². The number of halogens is 4. The van der Waals surface area contributed by atoms with Crippen molar-refractivity contribution in [1.29, 1.82) is 0 Å². The molecule has 2 N–H and O–H groups in total. The van der Waals surface area contributed by atoms with Crippen molar-refractivity contribution < 1.29 is 27.9 Å². The van der Waals surface area contributed by atoms with Gasteiger partial charge in [0.2, 0.25) is 17.6 Å². The topological polar surface area (TPSA) is 154 Å². The van der Waals surface area contributed by atoms with Crippen LogP contribution in [0.25, 0.3) is 5.78 Å². The summed E-state index contributed by atoms with van der Waals surface area (Å²) in [6.45, 7) is 10.1. The molecule has 0 saturated carbocycles. The van der Waals surface area contributed by atoms with E-state index in [0.29, 0.717) is 23.8 Å². The van der Waals surface area contributed by atoms with E-state index in [0.717, 1.165) is 43.4 Å². The zero-order chi connectivity index (χ0) is 36.8. The summed E-state index contributed by atoms with van der Waals surface area (Å²) in [6.07, 6.45) is -3.08. The van der Waals surface area contributed by atoms with Gasteiger partial charge >= 0.3 is 6.18 Å². The molecule has 19 heteroatoms. The average Bonchev–Trinajstić information content (AvgIpc) is 3.53. The third-order valence-corrected chi connectivity index (χ3v) is 13.0. The van der Waals surface area contributed by atoms with E-state index < -0.39 is 37.2 Å². The molecular weight excluding hydrogens is 709 g/mol. The molecule has 14 nitrogen and oxygen atoms in total. The number of anilines is 3. The number of aryl methyl sites for hydroxylation is 1. The van der Waals surface area contributed by atoms with Gasteiger partial charge in [-0.05, 0) is 43.6 Å². The highest BCUT2D eigenvalue weighted by atomic mass is 35.5. The number of hydrogen-bond acceptors (Lipinski definition) is 10. The number of piperazine rings is 1. The van der Waals surface area contributed by atoms with Gasteiger partial charge in [-0.15, -0.1) is 5.10 Å². The molecule has 0 unspecified atom stereocenters. The molecule has 2 amide bonds.